The molecule has 1 N–H and O–H groups in total. The maximum Gasteiger partial charge on any atom is 0.321 e. The highest BCUT2D eigenvalue weighted by molar-refractivity contribution is 5.99. The summed E-state index contributed by atoms with van der Waals surface area (Å²) in [5, 5.41) is 12.3. The van der Waals surface area contributed by atoms with Crippen LogP contribution in [-0.2, 0) is 0 Å². The second-order valence-electron chi connectivity index (χ2n) is 7.79. The summed E-state index contributed by atoms with van der Waals surface area (Å²) in [7, 11) is 0. The molecule has 3 amide bonds. The van der Waals surface area contributed by atoms with Crippen LogP contribution in [0.4, 0.5) is 16.2 Å². The second kappa shape index (κ2) is 8.07. The summed E-state index contributed by atoms with van der Waals surface area (Å²) in [6.45, 7) is 8.04. The third-order valence-electron chi connectivity index (χ3n) is 5.78. The topological polar surface area (TPSA) is 79.7 Å². The lowest BCUT2D eigenvalue weighted by molar-refractivity contribution is 0.0746. The molecular formula is C23H25N5O2. The van der Waals surface area contributed by atoms with E-state index in [1.54, 1.807) is 28.0 Å². The Hall–Kier alpha value is -3.53. The fourth-order valence-electron chi connectivity index (χ4n) is 4.18. The van der Waals surface area contributed by atoms with Crippen molar-refractivity contribution in [3.8, 4) is 6.07 Å². The molecule has 30 heavy (non-hydrogen) atoms. The van der Waals surface area contributed by atoms with Crippen LogP contribution in [0.2, 0.25) is 0 Å². The Balaban J connectivity index is 1.47. The van der Waals surface area contributed by atoms with Gasteiger partial charge in [0, 0.05) is 50.6 Å². The number of benzene rings is 2. The standard InChI is InChI=1S/C23H25N5O2/c1-16-3-6-21(17(2)13-16)26-9-11-27(12-10-26)22(29)20-5-4-19(14-18(20)15-24)28-8-7-25-23(28)30/h3-6,13-14H,7-12H2,1-2H3,(H,25,30). The maximum atomic E-state index is 13.1. The molecule has 2 aromatic carbocycles. The summed E-state index contributed by atoms with van der Waals surface area (Å²) in [6.07, 6.45) is 0. The second-order valence-corrected chi connectivity index (χ2v) is 7.79. The van der Waals surface area contributed by atoms with Gasteiger partial charge in [-0.05, 0) is 43.7 Å². The van der Waals surface area contributed by atoms with Crippen LogP contribution < -0.4 is 15.1 Å². The number of nitrogens with zero attached hydrogens (tertiary/aromatic N) is 4. The van der Waals surface area contributed by atoms with Gasteiger partial charge in [0.2, 0.25) is 0 Å². The molecule has 0 bridgehead atoms. The zero-order chi connectivity index (χ0) is 21.3. The number of amides is 3. The highest BCUT2D eigenvalue weighted by Gasteiger charge is 2.26. The number of nitriles is 1. The first kappa shape index (κ1) is 19.8. The number of aryl methyl sites for hydroxylation is 2. The number of carbonyl (C=O) groups is 2. The van der Waals surface area contributed by atoms with Crippen LogP contribution >= 0.6 is 0 Å². The normalized spacial score (nSPS) is 16.4. The lowest BCUT2D eigenvalue weighted by atomic mass is 10.0. The molecule has 2 aliphatic rings. The average Bonchev–Trinajstić information content (AvgIpc) is 3.19. The van der Waals surface area contributed by atoms with Crippen LogP contribution in [0.25, 0.3) is 0 Å². The molecule has 2 fully saturated rings. The van der Waals surface area contributed by atoms with Gasteiger partial charge in [0.25, 0.3) is 5.91 Å². The zero-order valence-corrected chi connectivity index (χ0v) is 17.3. The Labute approximate surface area is 176 Å². The highest BCUT2D eigenvalue weighted by atomic mass is 16.2. The van der Waals surface area contributed by atoms with E-state index in [9.17, 15) is 14.9 Å². The molecule has 0 unspecified atom stereocenters. The highest BCUT2D eigenvalue weighted by Crippen LogP contribution is 2.25. The molecule has 7 heteroatoms. The molecule has 0 spiro atoms. The number of carbonyl (C=O) groups excluding carboxylic acids is 2. The van der Waals surface area contributed by atoms with Crippen LogP contribution in [0.5, 0.6) is 0 Å². The van der Waals surface area contributed by atoms with Gasteiger partial charge in [-0.1, -0.05) is 17.7 Å². The van der Waals surface area contributed by atoms with Crippen molar-refractivity contribution in [3.63, 3.8) is 0 Å². The maximum absolute atomic E-state index is 13.1. The molecule has 0 aromatic heterocycles. The smallest absolute Gasteiger partial charge is 0.321 e. The van der Waals surface area contributed by atoms with Gasteiger partial charge in [-0.2, -0.15) is 5.26 Å². The summed E-state index contributed by atoms with van der Waals surface area (Å²) in [5.74, 6) is -0.135. The number of nitrogens with one attached hydrogen (secondary N) is 1. The monoisotopic (exact) mass is 403 g/mol. The van der Waals surface area contributed by atoms with E-state index in [4.69, 9.17) is 0 Å². The molecule has 154 valence electrons. The Morgan fingerprint density at radius 2 is 1.80 bits per heavy atom. The Kier molecular flexibility index (Phi) is 5.32. The number of hydrogen-bond acceptors (Lipinski definition) is 4. The minimum atomic E-state index is -0.180. The molecule has 7 nitrogen and oxygen atoms in total. The number of anilines is 2. The van der Waals surface area contributed by atoms with Crippen molar-refractivity contribution in [2.24, 2.45) is 0 Å². The average molecular weight is 403 g/mol. The van der Waals surface area contributed by atoms with Crippen molar-refractivity contribution in [2.45, 2.75) is 13.8 Å². The molecule has 2 aromatic rings. The predicted molar refractivity (Wildman–Crippen MR) is 116 cm³/mol. The van der Waals surface area contributed by atoms with Gasteiger partial charge in [0.15, 0.2) is 0 Å². The van der Waals surface area contributed by atoms with Crippen LogP contribution in [0.1, 0.15) is 27.0 Å². The van der Waals surface area contributed by atoms with E-state index in [2.05, 4.69) is 48.3 Å². The molecule has 0 radical (unpaired) electrons. The molecule has 4 rings (SSSR count). The van der Waals surface area contributed by atoms with E-state index < -0.39 is 0 Å². The summed E-state index contributed by atoms with van der Waals surface area (Å²) in [5.41, 5.74) is 5.01. The minimum Gasteiger partial charge on any atom is -0.368 e. The predicted octanol–water partition coefficient (Wildman–Crippen LogP) is 2.67. The van der Waals surface area contributed by atoms with Gasteiger partial charge < -0.3 is 15.1 Å². The van der Waals surface area contributed by atoms with Crippen molar-refractivity contribution in [3.05, 3.63) is 58.7 Å². The third-order valence-corrected chi connectivity index (χ3v) is 5.78. The van der Waals surface area contributed by atoms with Gasteiger partial charge in [-0.25, -0.2) is 4.79 Å². The van der Waals surface area contributed by atoms with Crippen LogP contribution in [0.3, 0.4) is 0 Å². The molecule has 2 aliphatic heterocycles. The first-order chi connectivity index (χ1) is 14.5. The Morgan fingerprint density at radius 1 is 1.03 bits per heavy atom. The summed E-state index contributed by atoms with van der Waals surface area (Å²) >= 11 is 0. The summed E-state index contributed by atoms with van der Waals surface area (Å²) in [6, 6.07) is 13.4. The summed E-state index contributed by atoms with van der Waals surface area (Å²) in [4.78, 5) is 30.7. The number of hydrogen-bond donors (Lipinski definition) is 1. The Bertz CT molecular complexity index is 1030. The van der Waals surface area contributed by atoms with Gasteiger partial charge >= 0.3 is 6.03 Å². The van der Waals surface area contributed by atoms with E-state index in [0.717, 1.165) is 13.1 Å². The van der Waals surface area contributed by atoms with E-state index in [0.29, 0.717) is 43.0 Å². The molecule has 2 saturated heterocycles. The lowest BCUT2D eigenvalue weighted by Crippen LogP contribution is -2.49. The molecule has 2 heterocycles. The third kappa shape index (κ3) is 3.69. The molecule has 0 aliphatic carbocycles. The molecular weight excluding hydrogens is 378 g/mol. The van der Waals surface area contributed by atoms with Crippen molar-refractivity contribution >= 4 is 23.3 Å². The van der Waals surface area contributed by atoms with Crippen molar-refractivity contribution in [1.82, 2.24) is 10.2 Å². The molecule has 0 saturated carbocycles. The summed E-state index contributed by atoms with van der Waals surface area (Å²) < 4.78 is 0. The van der Waals surface area contributed by atoms with E-state index in [-0.39, 0.29) is 11.9 Å². The van der Waals surface area contributed by atoms with Gasteiger partial charge in [-0.15, -0.1) is 0 Å². The zero-order valence-electron chi connectivity index (χ0n) is 17.3. The Morgan fingerprint density at radius 3 is 2.43 bits per heavy atom. The number of urea groups is 1. The quantitative estimate of drug-likeness (QED) is 0.855. The van der Waals surface area contributed by atoms with E-state index in [1.807, 2.05) is 0 Å². The lowest BCUT2D eigenvalue weighted by Gasteiger charge is -2.37. The minimum absolute atomic E-state index is 0.135. The largest absolute Gasteiger partial charge is 0.368 e. The van der Waals surface area contributed by atoms with Crippen molar-refractivity contribution in [2.75, 3.05) is 49.1 Å². The van der Waals surface area contributed by atoms with Gasteiger partial charge in [-0.3, -0.25) is 9.69 Å². The van der Waals surface area contributed by atoms with Crippen LogP contribution in [0, 0.1) is 25.2 Å². The van der Waals surface area contributed by atoms with Crippen molar-refractivity contribution < 1.29 is 9.59 Å². The van der Waals surface area contributed by atoms with E-state index in [1.165, 1.54) is 16.8 Å². The van der Waals surface area contributed by atoms with Crippen LogP contribution in [-0.4, -0.2) is 56.1 Å². The van der Waals surface area contributed by atoms with Gasteiger partial charge in [0.1, 0.15) is 6.07 Å². The van der Waals surface area contributed by atoms with E-state index >= 15 is 0 Å². The fraction of sp³-hybridized carbons (Fsp3) is 0.348. The van der Waals surface area contributed by atoms with Crippen molar-refractivity contribution in [1.29, 1.82) is 5.26 Å². The number of rotatable bonds is 3. The van der Waals surface area contributed by atoms with Gasteiger partial charge in [0.05, 0.1) is 11.1 Å². The first-order valence-electron chi connectivity index (χ1n) is 10.2. The fourth-order valence-corrected chi connectivity index (χ4v) is 4.18. The molecule has 0 atom stereocenters. The first-order valence-corrected chi connectivity index (χ1v) is 10.2. The van der Waals surface area contributed by atoms with Crippen LogP contribution in [0.15, 0.2) is 36.4 Å². The SMILES string of the molecule is Cc1ccc(N2CCN(C(=O)c3ccc(N4CCNC4=O)cc3C#N)CC2)c(C)c1. The number of piperazine rings is 1.